The molecule has 2 N–H and O–H groups in total. The first-order chi connectivity index (χ1) is 11.3. The fourth-order valence-corrected chi connectivity index (χ4v) is 2.92. The molecule has 0 saturated carbocycles. The van der Waals surface area contributed by atoms with Crippen LogP contribution in [0.1, 0.15) is 10.4 Å². The van der Waals surface area contributed by atoms with Gasteiger partial charge < -0.3 is 0 Å². The van der Waals surface area contributed by atoms with Crippen LogP contribution in [0.25, 0.3) is 21.6 Å². The van der Waals surface area contributed by atoms with Crippen molar-refractivity contribution in [1.29, 1.82) is 0 Å². The minimum absolute atomic E-state index is 0.243. The quantitative estimate of drug-likeness (QED) is 0.604. The Hall–Kier alpha value is -3.13. The molecule has 0 aliphatic rings. The number of aromatic nitrogens is 5. The van der Waals surface area contributed by atoms with E-state index in [4.69, 9.17) is 0 Å². The molecular weight excluding hydrogens is 312 g/mol. The number of amides is 1. The van der Waals surface area contributed by atoms with E-state index in [0.717, 1.165) is 21.6 Å². The van der Waals surface area contributed by atoms with Crippen molar-refractivity contribution in [3.05, 3.63) is 54.6 Å². The SMILES string of the molecule is O=C(Nc1nc2ccc(-c3cn[nH]c3)nc2s1)c1cccnc1. The van der Waals surface area contributed by atoms with Gasteiger partial charge in [0.05, 0.1) is 17.5 Å². The van der Waals surface area contributed by atoms with Gasteiger partial charge in [-0.2, -0.15) is 5.10 Å². The van der Waals surface area contributed by atoms with Crippen molar-refractivity contribution >= 4 is 32.7 Å². The van der Waals surface area contributed by atoms with Crippen LogP contribution in [0.4, 0.5) is 5.13 Å². The van der Waals surface area contributed by atoms with Crippen LogP contribution in [-0.2, 0) is 0 Å². The van der Waals surface area contributed by atoms with Crippen molar-refractivity contribution in [2.24, 2.45) is 0 Å². The number of nitrogens with zero attached hydrogens (tertiary/aromatic N) is 4. The number of hydrogen-bond donors (Lipinski definition) is 2. The molecule has 0 saturated heterocycles. The van der Waals surface area contributed by atoms with Gasteiger partial charge in [0.25, 0.3) is 5.91 Å². The second-order valence-electron chi connectivity index (χ2n) is 4.72. The summed E-state index contributed by atoms with van der Waals surface area (Å²) < 4.78 is 0. The first-order valence-electron chi connectivity index (χ1n) is 6.78. The Labute approximate surface area is 134 Å². The summed E-state index contributed by atoms with van der Waals surface area (Å²) in [6.45, 7) is 0. The molecule has 8 heteroatoms. The molecule has 4 aromatic heterocycles. The fourth-order valence-electron chi connectivity index (χ4n) is 2.09. The van der Waals surface area contributed by atoms with Gasteiger partial charge in [-0.3, -0.25) is 20.2 Å². The second-order valence-corrected chi connectivity index (χ2v) is 5.70. The Bertz CT molecular complexity index is 964. The lowest BCUT2D eigenvalue weighted by atomic mass is 10.2. The third-order valence-corrected chi connectivity index (χ3v) is 4.07. The number of carbonyl (C=O) groups is 1. The van der Waals surface area contributed by atoms with Crippen LogP contribution >= 0.6 is 11.3 Å². The highest BCUT2D eigenvalue weighted by Gasteiger charge is 2.11. The van der Waals surface area contributed by atoms with Crippen LogP contribution in [0.3, 0.4) is 0 Å². The molecule has 4 rings (SSSR count). The van der Waals surface area contributed by atoms with Gasteiger partial charge in [0.1, 0.15) is 10.3 Å². The minimum atomic E-state index is -0.243. The molecule has 0 radical (unpaired) electrons. The highest BCUT2D eigenvalue weighted by molar-refractivity contribution is 7.22. The number of fused-ring (bicyclic) bond motifs is 1. The third kappa shape index (κ3) is 2.67. The van der Waals surface area contributed by atoms with Gasteiger partial charge >= 0.3 is 0 Å². The van der Waals surface area contributed by atoms with Crippen molar-refractivity contribution in [3.8, 4) is 11.3 Å². The number of H-pyrrole nitrogens is 1. The van der Waals surface area contributed by atoms with Crippen LogP contribution in [-0.4, -0.2) is 31.1 Å². The van der Waals surface area contributed by atoms with E-state index in [2.05, 4.69) is 30.5 Å². The Morgan fingerprint density at radius 3 is 2.91 bits per heavy atom. The Morgan fingerprint density at radius 1 is 1.17 bits per heavy atom. The van der Waals surface area contributed by atoms with E-state index >= 15 is 0 Å². The zero-order valence-electron chi connectivity index (χ0n) is 11.7. The van der Waals surface area contributed by atoms with E-state index in [9.17, 15) is 4.79 Å². The number of thiazole rings is 1. The highest BCUT2D eigenvalue weighted by atomic mass is 32.1. The Kier molecular flexibility index (Phi) is 3.28. The summed E-state index contributed by atoms with van der Waals surface area (Å²) in [7, 11) is 0. The average molecular weight is 322 g/mol. The fraction of sp³-hybridized carbons (Fsp3) is 0. The lowest BCUT2D eigenvalue weighted by Gasteiger charge is -1.99. The summed E-state index contributed by atoms with van der Waals surface area (Å²) in [4.78, 5) is 25.7. The molecule has 0 aliphatic carbocycles. The lowest BCUT2D eigenvalue weighted by Crippen LogP contribution is -2.11. The number of anilines is 1. The molecule has 0 spiro atoms. The van der Waals surface area contributed by atoms with Crippen LogP contribution in [0, 0.1) is 0 Å². The first-order valence-corrected chi connectivity index (χ1v) is 7.59. The average Bonchev–Trinajstić information content (AvgIpc) is 3.24. The predicted octanol–water partition coefficient (Wildman–Crippen LogP) is 2.73. The molecule has 4 aromatic rings. The van der Waals surface area contributed by atoms with Crippen molar-refractivity contribution in [2.75, 3.05) is 5.32 Å². The van der Waals surface area contributed by atoms with Gasteiger partial charge in [-0.1, -0.05) is 11.3 Å². The van der Waals surface area contributed by atoms with Crippen LogP contribution in [0.2, 0.25) is 0 Å². The summed E-state index contributed by atoms with van der Waals surface area (Å²) in [6, 6.07) is 7.16. The van der Waals surface area contributed by atoms with E-state index in [-0.39, 0.29) is 5.91 Å². The monoisotopic (exact) mass is 322 g/mol. The lowest BCUT2D eigenvalue weighted by molar-refractivity contribution is 0.102. The van der Waals surface area contributed by atoms with Crippen molar-refractivity contribution in [2.45, 2.75) is 0 Å². The Morgan fingerprint density at radius 2 is 2.13 bits per heavy atom. The molecule has 0 fully saturated rings. The molecule has 7 nitrogen and oxygen atoms in total. The zero-order chi connectivity index (χ0) is 15.6. The maximum atomic E-state index is 12.1. The van der Waals surface area contributed by atoms with E-state index < -0.39 is 0 Å². The van der Waals surface area contributed by atoms with Crippen molar-refractivity contribution in [3.63, 3.8) is 0 Å². The van der Waals surface area contributed by atoms with E-state index in [1.54, 1.807) is 30.7 Å². The maximum absolute atomic E-state index is 12.1. The van der Waals surface area contributed by atoms with Crippen LogP contribution in [0.15, 0.2) is 49.1 Å². The Balaban J connectivity index is 1.63. The van der Waals surface area contributed by atoms with E-state index in [0.29, 0.717) is 10.7 Å². The number of pyridine rings is 2. The summed E-state index contributed by atoms with van der Waals surface area (Å²) >= 11 is 1.33. The van der Waals surface area contributed by atoms with Gasteiger partial charge in [0, 0.05) is 24.2 Å². The molecule has 0 atom stereocenters. The van der Waals surface area contributed by atoms with Gasteiger partial charge in [-0.05, 0) is 24.3 Å². The first kappa shape index (κ1) is 13.5. The van der Waals surface area contributed by atoms with Gasteiger partial charge in [-0.15, -0.1) is 0 Å². The van der Waals surface area contributed by atoms with Crippen LogP contribution in [0.5, 0.6) is 0 Å². The number of carbonyl (C=O) groups excluding carboxylic acids is 1. The predicted molar refractivity (Wildman–Crippen MR) is 87.2 cm³/mol. The number of aromatic amines is 1. The molecule has 0 bridgehead atoms. The van der Waals surface area contributed by atoms with Crippen LogP contribution < -0.4 is 5.32 Å². The molecule has 0 aliphatic heterocycles. The van der Waals surface area contributed by atoms with Gasteiger partial charge in [0.15, 0.2) is 5.13 Å². The van der Waals surface area contributed by atoms with Gasteiger partial charge in [-0.25, -0.2) is 9.97 Å². The molecular formula is C15H10N6OS. The highest BCUT2D eigenvalue weighted by Crippen LogP contribution is 2.27. The zero-order valence-corrected chi connectivity index (χ0v) is 12.5. The van der Waals surface area contributed by atoms with E-state index in [1.165, 1.54) is 17.5 Å². The van der Waals surface area contributed by atoms with E-state index in [1.807, 2.05) is 12.1 Å². The van der Waals surface area contributed by atoms with Crippen molar-refractivity contribution in [1.82, 2.24) is 25.1 Å². The summed E-state index contributed by atoms with van der Waals surface area (Å²) in [5.74, 6) is -0.243. The smallest absolute Gasteiger partial charge is 0.259 e. The molecule has 0 unspecified atom stereocenters. The normalized spacial score (nSPS) is 10.8. The van der Waals surface area contributed by atoms with Crippen molar-refractivity contribution < 1.29 is 4.79 Å². The third-order valence-electron chi connectivity index (χ3n) is 3.19. The largest absolute Gasteiger partial charge is 0.298 e. The number of rotatable bonds is 3. The summed E-state index contributed by atoms with van der Waals surface area (Å²) in [5, 5.41) is 9.95. The summed E-state index contributed by atoms with van der Waals surface area (Å²) in [6.07, 6.45) is 6.62. The molecule has 23 heavy (non-hydrogen) atoms. The molecule has 112 valence electrons. The maximum Gasteiger partial charge on any atom is 0.259 e. The van der Waals surface area contributed by atoms with Gasteiger partial charge in [0.2, 0.25) is 0 Å². The minimum Gasteiger partial charge on any atom is -0.298 e. The molecule has 0 aromatic carbocycles. The molecule has 1 amide bonds. The molecule has 4 heterocycles. The standard InChI is InChI=1S/C15H10N6OS/c22-13(9-2-1-5-16-6-9)21-15-20-12-4-3-11(19-14(12)23-15)10-7-17-18-8-10/h1-8H,(H,17,18)(H,20,21,22). The second kappa shape index (κ2) is 5.58. The number of hydrogen-bond acceptors (Lipinski definition) is 6. The number of nitrogens with one attached hydrogen (secondary N) is 2. The summed E-state index contributed by atoms with van der Waals surface area (Å²) in [5.41, 5.74) is 2.93. The topological polar surface area (TPSA) is 96.5 Å².